The molecule has 0 radical (unpaired) electrons. The van der Waals surface area contributed by atoms with E-state index in [-0.39, 0.29) is 0 Å². The second-order valence-electron chi connectivity index (χ2n) is 4.85. The second-order valence-corrected chi connectivity index (χ2v) is 7.40. The molecule has 0 bridgehead atoms. The van der Waals surface area contributed by atoms with Crippen molar-refractivity contribution >= 4 is 21.6 Å². The SMILES string of the molecule is CN[C@H](CSSC[C@@H](NC)C(C)C)C(C)C. The quantitative estimate of drug-likeness (QED) is 0.494. The molecule has 2 atom stereocenters. The van der Waals surface area contributed by atoms with Gasteiger partial charge in [0, 0.05) is 23.6 Å². The lowest BCUT2D eigenvalue weighted by molar-refractivity contribution is 0.465. The van der Waals surface area contributed by atoms with Crippen molar-refractivity contribution in [2.24, 2.45) is 11.8 Å². The van der Waals surface area contributed by atoms with Gasteiger partial charge >= 0.3 is 0 Å². The molecule has 0 heterocycles. The highest BCUT2D eigenvalue weighted by molar-refractivity contribution is 8.76. The lowest BCUT2D eigenvalue weighted by Crippen LogP contribution is -2.34. The summed E-state index contributed by atoms with van der Waals surface area (Å²) >= 11 is 0. The van der Waals surface area contributed by atoms with E-state index in [0.717, 1.165) is 0 Å². The van der Waals surface area contributed by atoms with Crippen LogP contribution >= 0.6 is 21.6 Å². The summed E-state index contributed by atoms with van der Waals surface area (Å²) in [7, 11) is 8.09. The molecule has 0 aromatic rings. The Labute approximate surface area is 109 Å². The lowest BCUT2D eigenvalue weighted by Gasteiger charge is -2.21. The highest BCUT2D eigenvalue weighted by Crippen LogP contribution is 2.25. The zero-order chi connectivity index (χ0) is 12.6. The Bertz CT molecular complexity index is 145. The van der Waals surface area contributed by atoms with Crippen LogP contribution in [0.2, 0.25) is 0 Å². The van der Waals surface area contributed by atoms with Crippen LogP contribution in [-0.2, 0) is 0 Å². The predicted octanol–water partition coefficient (Wildman–Crippen LogP) is 2.86. The van der Waals surface area contributed by atoms with E-state index in [1.807, 2.05) is 21.6 Å². The number of rotatable bonds is 9. The van der Waals surface area contributed by atoms with Gasteiger partial charge in [0.2, 0.25) is 0 Å². The molecule has 0 saturated carbocycles. The smallest absolute Gasteiger partial charge is 0.0194 e. The van der Waals surface area contributed by atoms with E-state index in [1.54, 1.807) is 0 Å². The van der Waals surface area contributed by atoms with Crippen LogP contribution in [0, 0.1) is 11.8 Å². The molecule has 2 nitrogen and oxygen atoms in total. The van der Waals surface area contributed by atoms with Crippen molar-refractivity contribution in [3.8, 4) is 0 Å². The Morgan fingerprint density at radius 1 is 0.750 bits per heavy atom. The molecule has 0 rings (SSSR count). The Morgan fingerprint density at radius 3 is 1.25 bits per heavy atom. The Kier molecular flexibility index (Phi) is 10.0. The molecule has 0 unspecified atom stereocenters. The van der Waals surface area contributed by atoms with Gasteiger partial charge in [-0.3, -0.25) is 0 Å². The maximum Gasteiger partial charge on any atom is 0.0194 e. The first-order valence-corrected chi connectivity index (χ1v) is 8.60. The third-order valence-corrected chi connectivity index (χ3v) is 5.40. The van der Waals surface area contributed by atoms with Crippen LogP contribution in [0.1, 0.15) is 27.7 Å². The van der Waals surface area contributed by atoms with Gasteiger partial charge in [0.1, 0.15) is 0 Å². The highest BCUT2D eigenvalue weighted by Gasteiger charge is 2.13. The summed E-state index contributed by atoms with van der Waals surface area (Å²) in [5, 5.41) is 6.75. The average Bonchev–Trinajstić information content (AvgIpc) is 2.22. The van der Waals surface area contributed by atoms with Crippen LogP contribution in [-0.4, -0.2) is 37.7 Å². The highest BCUT2D eigenvalue weighted by atomic mass is 33.1. The number of hydrogen-bond acceptors (Lipinski definition) is 4. The van der Waals surface area contributed by atoms with Gasteiger partial charge in [-0.1, -0.05) is 49.3 Å². The second kappa shape index (κ2) is 9.63. The molecule has 16 heavy (non-hydrogen) atoms. The van der Waals surface area contributed by atoms with Gasteiger partial charge in [0.05, 0.1) is 0 Å². The molecule has 0 aliphatic rings. The fourth-order valence-corrected chi connectivity index (χ4v) is 4.51. The normalized spacial score (nSPS) is 15.8. The van der Waals surface area contributed by atoms with Gasteiger partial charge in [-0.15, -0.1) is 0 Å². The first kappa shape index (κ1) is 16.6. The van der Waals surface area contributed by atoms with Crippen LogP contribution < -0.4 is 10.6 Å². The molecular formula is C12H28N2S2. The van der Waals surface area contributed by atoms with Crippen molar-refractivity contribution in [1.82, 2.24) is 10.6 Å². The van der Waals surface area contributed by atoms with Crippen molar-refractivity contribution in [2.75, 3.05) is 25.6 Å². The lowest BCUT2D eigenvalue weighted by atomic mass is 10.1. The van der Waals surface area contributed by atoms with Crippen molar-refractivity contribution in [2.45, 2.75) is 39.8 Å². The minimum atomic E-state index is 0.629. The van der Waals surface area contributed by atoms with E-state index >= 15 is 0 Å². The first-order chi connectivity index (χ1) is 7.52. The van der Waals surface area contributed by atoms with Gasteiger partial charge < -0.3 is 10.6 Å². The minimum absolute atomic E-state index is 0.629. The van der Waals surface area contributed by atoms with Crippen molar-refractivity contribution in [3.05, 3.63) is 0 Å². The molecule has 0 amide bonds. The topological polar surface area (TPSA) is 24.1 Å². The van der Waals surface area contributed by atoms with Crippen LogP contribution in [0.5, 0.6) is 0 Å². The predicted molar refractivity (Wildman–Crippen MR) is 80.3 cm³/mol. The van der Waals surface area contributed by atoms with Crippen LogP contribution in [0.3, 0.4) is 0 Å². The van der Waals surface area contributed by atoms with E-state index in [9.17, 15) is 0 Å². The monoisotopic (exact) mass is 264 g/mol. The number of hydrogen-bond donors (Lipinski definition) is 2. The molecule has 4 heteroatoms. The van der Waals surface area contributed by atoms with Crippen LogP contribution in [0.15, 0.2) is 0 Å². The van der Waals surface area contributed by atoms with Crippen LogP contribution in [0.4, 0.5) is 0 Å². The first-order valence-electron chi connectivity index (χ1n) is 6.11. The Balaban J connectivity index is 3.65. The molecule has 98 valence electrons. The standard InChI is InChI=1S/C12H28N2S2/c1-9(2)11(13-5)7-15-16-8-12(14-6)10(3)4/h9-14H,7-8H2,1-6H3/t11-,12-/m1/s1. The van der Waals surface area contributed by atoms with E-state index < -0.39 is 0 Å². The summed E-state index contributed by atoms with van der Waals surface area (Å²) in [4.78, 5) is 0. The molecule has 2 N–H and O–H groups in total. The van der Waals surface area contributed by atoms with E-state index in [0.29, 0.717) is 23.9 Å². The summed E-state index contributed by atoms with van der Waals surface area (Å²) in [6, 6.07) is 1.26. The molecule has 0 aromatic carbocycles. The fourth-order valence-electron chi connectivity index (χ4n) is 1.46. The van der Waals surface area contributed by atoms with Crippen LogP contribution in [0.25, 0.3) is 0 Å². The van der Waals surface area contributed by atoms with E-state index in [1.165, 1.54) is 11.5 Å². The van der Waals surface area contributed by atoms with Gasteiger partial charge in [-0.2, -0.15) is 0 Å². The van der Waals surface area contributed by atoms with Gasteiger partial charge in [-0.25, -0.2) is 0 Å². The van der Waals surface area contributed by atoms with Gasteiger partial charge in [0.15, 0.2) is 0 Å². The third kappa shape index (κ3) is 7.05. The van der Waals surface area contributed by atoms with E-state index in [4.69, 9.17) is 0 Å². The largest absolute Gasteiger partial charge is 0.316 e. The van der Waals surface area contributed by atoms with Gasteiger partial charge in [-0.05, 0) is 25.9 Å². The number of nitrogens with one attached hydrogen (secondary N) is 2. The average molecular weight is 265 g/mol. The summed E-state index contributed by atoms with van der Waals surface area (Å²) < 4.78 is 0. The molecule has 0 aromatic heterocycles. The molecule has 0 spiro atoms. The van der Waals surface area contributed by atoms with Gasteiger partial charge in [0.25, 0.3) is 0 Å². The zero-order valence-electron chi connectivity index (χ0n) is 11.5. The van der Waals surface area contributed by atoms with Crippen molar-refractivity contribution in [3.63, 3.8) is 0 Å². The Hall–Kier alpha value is 0.620. The summed E-state index contributed by atoms with van der Waals surface area (Å²) in [6.45, 7) is 9.10. The fraction of sp³-hybridized carbons (Fsp3) is 1.00. The summed E-state index contributed by atoms with van der Waals surface area (Å²) in [5.74, 6) is 3.80. The summed E-state index contributed by atoms with van der Waals surface area (Å²) in [6.07, 6.45) is 0. The van der Waals surface area contributed by atoms with E-state index in [2.05, 4.69) is 52.4 Å². The molecule has 0 saturated heterocycles. The van der Waals surface area contributed by atoms with Crippen molar-refractivity contribution in [1.29, 1.82) is 0 Å². The molecule has 0 aliphatic heterocycles. The molecule has 0 fully saturated rings. The third-order valence-electron chi connectivity index (χ3n) is 2.93. The summed E-state index contributed by atoms with van der Waals surface area (Å²) in [5.41, 5.74) is 0. The zero-order valence-corrected chi connectivity index (χ0v) is 13.2. The maximum absolute atomic E-state index is 3.38. The molecule has 0 aliphatic carbocycles. The molecular weight excluding hydrogens is 236 g/mol. The maximum atomic E-state index is 3.38. The van der Waals surface area contributed by atoms with Crippen molar-refractivity contribution < 1.29 is 0 Å². The Morgan fingerprint density at radius 2 is 1.06 bits per heavy atom. The minimum Gasteiger partial charge on any atom is -0.316 e.